The Balaban J connectivity index is 1.79. The van der Waals surface area contributed by atoms with E-state index < -0.39 is 0 Å². The van der Waals surface area contributed by atoms with Crippen molar-refractivity contribution in [1.82, 2.24) is 4.98 Å². The van der Waals surface area contributed by atoms with Crippen LogP contribution in [0, 0.1) is 0 Å². The number of aryl methyl sites for hydroxylation is 2. The zero-order valence-corrected chi connectivity index (χ0v) is 10.7. The number of amides is 1. The number of thiophene rings is 1. The summed E-state index contributed by atoms with van der Waals surface area (Å²) in [5, 5.41) is 5.31. The third-order valence-electron chi connectivity index (χ3n) is 2.72. The largest absolute Gasteiger partial charge is 0.397 e. The van der Waals surface area contributed by atoms with Crippen molar-refractivity contribution < 1.29 is 4.79 Å². The fraction of sp³-hybridized carbons (Fsp3) is 0.273. The van der Waals surface area contributed by atoms with Crippen molar-refractivity contribution in [2.45, 2.75) is 19.3 Å². The molecule has 0 saturated heterocycles. The SMILES string of the molecule is Nc1ccsc1C(=O)Nc1nc2c(s1)CCC2. The summed E-state index contributed by atoms with van der Waals surface area (Å²) in [5.74, 6) is -0.162. The first kappa shape index (κ1) is 10.7. The Labute approximate surface area is 106 Å². The van der Waals surface area contributed by atoms with Gasteiger partial charge in [-0.25, -0.2) is 4.98 Å². The highest BCUT2D eigenvalue weighted by Crippen LogP contribution is 2.31. The van der Waals surface area contributed by atoms with Gasteiger partial charge >= 0.3 is 0 Å². The molecule has 2 aromatic rings. The van der Waals surface area contributed by atoms with Crippen molar-refractivity contribution in [3.8, 4) is 0 Å². The molecule has 0 aromatic carbocycles. The second-order valence-corrected chi connectivity index (χ2v) is 5.90. The third-order valence-corrected chi connectivity index (χ3v) is 4.72. The first-order valence-corrected chi connectivity index (χ1v) is 7.06. The van der Waals surface area contributed by atoms with Crippen molar-refractivity contribution >= 4 is 39.4 Å². The van der Waals surface area contributed by atoms with Gasteiger partial charge in [0.15, 0.2) is 5.13 Å². The number of hydrogen-bond donors (Lipinski definition) is 2. The van der Waals surface area contributed by atoms with Gasteiger partial charge in [-0.1, -0.05) is 0 Å². The Hall–Kier alpha value is -1.40. The van der Waals surface area contributed by atoms with Crippen LogP contribution in [0.4, 0.5) is 10.8 Å². The highest BCUT2D eigenvalue weighted by molar-refractivity contribution is 7.16. The lowest BCUT2D eigenvalue weighted by atomic mass is 10.4. The molecule has 3 N–H and O–H groups in total. The predicted molar refractivity (Wildman–Crippen MR) is 70.8 cm³/mol. The minimum Gasteiger partial charge on any atom is -0.397 e. The topological polar surface area (TPSA) is 68.0 Å². The van der Waals surface area contributed by atoms with Gasteiger partial charge in [-0.15, -0.1) is 22.7 Å². The molecule has 17 heavy (non-hydrogen) atoms. The van der Waals surface area contributed by atoms with Gasteiger partial charge in [0.25, 0.3) is 5.91 Å². The molecule has 0 fully saturated rings. The number of aromatic nitrogens is 1. The van der Waals surface area contributed by atoms with Crippen LogP contribution in [0.5, 0.6) is 0 Å². The fourth-order valence-corrected chi connectivity index (χ4v) is 3.66. The Morgan fingerprint density at radius 1 is 1.47 bits per heavy atom. The minimum atomic E-state index is -0.162. The lowest BCUT2D eigenvalue weighted by Crippen LogP contribution is -2.11. The molecule has 1 aliphatic rings. The Kier molecular flexibility index (Phi) is 2.60. The van der Waals surface area contributed by atoms with Crippen molar-refractivity contribution in [3.63, 3.8) is 0 Å². The van der Waals surface area contributed by atoms with E-state index in [9.17, 15) is 4.79 Å². The van der Waals surface area contributed by atoms with E-state index in [2.05, 4.69) is 10.3 Å². The van der Waals surface area contributed by atoms with Gasteiger partial charge in [0, 0.05) is 4.88 Å². The first-order chi connectivity index (χ1) is 8.24. The van der Waals surface area contributed by atoms with Crippen molar-refractivity contribution in [2.75, 3.05) is 11.1 Å². The van der Waals surface area contributed by atoms with E-state index >= 15 is 0 Å². The monoisotopic (exact) mass is 265 g/mol. The Bertz CT molecular complexity index is 552. The maximum Gasteiger partial charge on any atom is 0.269 e. The number of anilines is 2. The number of hydrogen-bond acceptors (Lipinski definition) is 5. The van der Waals surface area contributed by atoms with E-state index in [1.54, 1.807) is 17.4 Å². The zero-order chi connectivity index (χ0) is 11.8. The van der Waals surface area contributed by atoms with Crippen LogP contribution in [0.15, 0.2) is 11.4 Å². The lowest BCUT2D eigenvalue weighted by Gasteiger charge is -2.00. The summed E-state index contributed by atoms with van der Waals surface area (Å²) in [5.41, 5.74) is 7.37. The smallest absolute Gasteiger partial charge is 0.269 e. The van der Waals surface area contributed by atoms with Crippen LogP contribution in [-0.2, 0) is 12.8 Å². The van der Waals surface area contributed by atoms with Crippen LogP contribution in [-0.4, -0.2) is 10.9 Å². The summed E-state index contributed by atoms with van der Waals surface area (Å²) >= 11 is 2.92. The average molecular weight is 265 g/mol. The van der Waals surface area contributed by atoms with Gasteiger partial charge in [-0.2, -0.15) is 0 Å². The molecule has 2 aromatic heterocycles. The number of carbonyl (C=O) groups excluding carboxylic acids is 1. The number of nitrogens with one attached hydrogen (secondary N) is 1. The minimum absolute atomic E-state index is 0.162. The van der Waals surface area contributed by atoms with Crippen LogP contribution in [0.2, 0.25) is 0 Å². The van der Waals surface area contributed by atoms with Gasteiger partial charge in [0.05, 0.1) is 11.4 Å². The number of nitrogen functional groups attached to an aromatic ring is 1. The van der Waals surface area contributed by atoms with Crippen LogP contribution in [0.3, 0.4) is 0 Å². The number of rotatable bonds is 2. The molecule has 1 aliphatic carbocycles. The molecular formula is C11H11N3OS2. The van der Waals surface area contributed by atoms with Crippen LogP contribution in [0.25, 0.3) is 0 Å². The normalized spacial score (nSPS) is 13.6. The highest BCUT2D eigenvalue weighted by Gasteiger charge is 2.19. The van der Waals surface area contributed by atoms with Gasteiger partial charge in [0.2, 0.25) is 0 Å². The van der Waals surface area contributed by atoms with Gasteiger partial charge in [-0.05, 0) is 30.7 Å². The maximum atomic E-state index is 11.9. The molecule has 0 saturated carbocycles. The molecule has 0 bridgehead atoms. The van der Waals surface area contributed by atoms with E-state index in [0.717, 1.165) is 18.5 Å². The van der Waals surface area contributed by atoms with E-state index in [1.165, 1.54) is 22.6 Å². The van der Waals surface area contributed by atoms with E-state index in [-0.39, 0.29) is 5.91 Å². The summed E-state index contributed by atoms with van der Waals surface area (Å²) in [4.78, 5) is 18.2. The fourth-order valence-electron chi connectivity index (χ4n) is 1.90. The van der Waals surface area contributed by atoms with Crippen molar-refractivity contribution in [2.24, 2.45) is 0 Å². The van der Waals surface area contributed by atoms with Gasteiger partial charge in [0.1, 0.15) is 4.88 Å². The molecule has 88 valence electrons. The molecular weight excluding hydrogens is 254 g/mol. The molecule has 0 atom stereocenters. The summed E-state index contributed by atoms with van der Waals surface area (Å²) in [7, 11) is 0. The highest BCUT2D eigenvalue weighted by atomic mass is 32.1. The molecule has 1 amide bonds. The molecule has 0 unspecified atom stereocenters. The van der Waals surface area contributed by atoms with Crippen LogP contribution >= 0.6 is 22.7 Å². The lowest BCUT2D eigenvalue weighted by molar-refractivity contribution is 0.103. The quantitative estimate of drug-likeness (QED) is 0.876. The van der Waals surface area contributed by atoms with Crippen molar-refractivity contribution in [3.05, 3.63) is 26.9 Å². The average Bonchev–Trinajstić information content (AvgIpc) is 2.92. The van der Waals surface area contributed by atoms with E-state index in [4.69, 9.17) is 5.73 Å². The van der Waals surface area contributed by atoms with Crippen LogP contribution < -0.4 is 11.1 Å². The van der Waals surface area contributed by atoms with Crippen LogP contribution in [0.1, 0.15) is 26.7 Å². The second kappa shape index (κ2) is 4.12. The summed E-state index contributed by atoms with van der Waals surface area (Å²) < 4.78 is 0. The number of nitrogens with zero attached hydrogens (tertiary/aromatic N) is 1. The second-order valence-electron chi connectivity index (χ2n) is 3.90. The maximum absolute atomic E-state index is 11.9. The molecule has 0 aliphatic heterocycles. The standard InChI is InChI=1S/C11H11N3OS2/c12-6-4-5-16-9(6)10(15)14-11-13-7-2-1-3-8(7)17-11/h4-5H,1-3,12H2,(H,13,14,15). The van der Waals surface area contributed by atoms with E-state index in [1.807, 2.05) is 5.38 Å². The van der Waals surface area contributed by atoms with Crippen molar-refractivity contribution in [1.29, 1.82) is 0 Å². The molecule has 3 rings (SSSR count). The summed E-state index contributed by atoms with van der Waals surface area (Å²) in [6.07, 6.45) is 3.30. The molecule has 2 heterocycles. The molecule has 0 spiro atoms. The number of thiazole rings is 1. The zero-order valence-electron chi connectivity index (χ0n) is 9.03. The third kappa shape index (κ3) is 1.94. The number of carbonyl (C=O) groups is 1. The van der Waals surface area contributed by atoms with Gasteiger partial charge in [-0.3, -0.25) is 10.1 Å². The molecule has 4 nitrogen and oxygen atoms in total. The Morgan fingerprint density at radius 2 is 2.35 bits per heavy atom. The Morgan fingerprint density at radius 3 is 3.06 bits per heavy atom. The predicted octanol–water partition coefficient (Wildman–Crippen LogP) is 2.53. The summed E-state index contributed by atoms with van der Waals surface area (Å²) in [6.45, 7) is 0. The molecule has 6 heteroatoms. The number of fused-ring (bicyclic) bond motifs is 1. The first-order valence-electron chi connectivity index (χ1n) is 5.37. The number of nitrogens with two attached hydrogens (primary N) is 1. The van der Waals surface area contributed by atoms with Gasteiger partial charge < -0.3 is 5.73 Å². The summed E-state index contributed by atoms with van der Waals surface area (Å²) in [6, 6.07) is 1.74. The molecule has 0 radical (unpaired) electrons. The van der Waals surface area contributed by atoms with E-state index in [0.29, 0.717) is 15.7 Å².